The van der Waals surface area contributed by atoms with Gasteiger partial charge in [0, 0.05) is 4.88 Å². The summed E-state index contributed by atoms with van der Waals surface area (Å²) in [5.74, 6) is 0. The van der Waals surface area contributed by atoms with Crippen LogP contribution in [0.3, 0.4) is 0 Å². The van der Waals surface area contributed by atoms with E-state index < -0.39 is 0 Å². The fourth-order valence-corrected chi connectivity index (χ4v) is 1.82. The second kappa shape index (κ2) is 2.86. The van der Waals surface area contributed by atoms with Crippen molar-refractivity contribution in [1.82, 2.24) is 4.98 Å². The van der Waals surface area contributed by atoms with Gasteiger partial charge >= 0.3 is 0 Å². The normalized spacial score (nSPS) is 11.6. The molecule has 3 nitrogen and oxygen atoms in total. The quantitative estimate of drug-likeness (QED) is 0.677. The molecule has 0 unspecified atom stereocenters. The minimum atomic E-state index is -0.0501. The molecular formula is C8H12N2OS. The molecule has 0 amide bonds. The third-order valence-corrected chi connectivity index (χ3v) is 2.79. The van der Waals surface area contributed by atoms with Gasteiger partial charge < -0.3 is 5.73 Å². The number of nitrogen functional groups attached to an aromatic ring is 1. The highest BCUT2D eigenvalue weighted by Gasteiger charge is 2.21. The standard InChI is InChI=1S/C8H12N2OS/c1-8(2,3)6-5(4-11)10-7(9)12-6/h4H,1-3H3,(H2,9,10). The minimum Gasteiger partial charge on any atom is -0.375 e. The van der Waals surface area contributed by atoms with E-state index in [4.69, 9.17) is 5.73 Å². The number of nitrogens with two attached hydrogens (primary N) is 1. The maximum atomic E-state index is 10.6. The van der Waals surface area contributed by atoms with E-state index in [0.717, 1.165) is 11.2 Å². The second-order valence-electron chi connectivity index (χ2n) is 3.63. The van der Waals surface area contributed by atoms with Gasteiger partial charge in [-0.05, 0) is 5.41 Å². The van der Waals surface area contributed by atoms with Crippen LogP contribution < -0.4 is 5.73 Å². The predicted molar refractivity (Wildman–Crippen MR) is 50.6 cm³/mol. The summed E-state index contributed by atoms with van der Waals surface area (Å²) in [4.78, 5) is 15.5. The number of rotatable bonds is 1. The molecule has 66 valence electrons. The summed E-state index contributed by atoms with van der Waals surface area (Å²) in [6, 6.07) is 0. The van der Waals surface area contributed by atoms with E-state index in [1.54, 1.807) is 0 Å². The minimum absolute atomic E-state index is 0.0501. The Kier molecular flexibility index (Phi) is 2.19. The summed E-state index contributed by atoms with van der Waals surface area (Å²) in [5.41, 5.74) is 5.93. The van der Waals surface area contributed by atoms with Gasteiger partial charge in [-0.1, -0.05) is 20.8 Å². The molecule has 0 saturated carbocycles. The fraction of sp³-hybridized carbons (Fsp3) is 0.500. The van der Waals surface area contributed by atoms with Crippen molar-refractivity contribution < 1.29 is 4.79 Å². The largest absolute Gasteiger partial charge is 0.375 e. The first-order chi connectivity index (χ1) is 5.45. The maximum absolute atomic E-state index is 10.6. The zero-order valence-corrected chi connectivity index (χ0v) is 8.23. The summed E-state index contributed by atoms with van der Waals surface area (Å²) in [6.45, 7) is 6.10. The Morgan fingerprint density at radius 2 is 2.08 bits per heavy atom. The van der Waals surface area contributed by atoms with Crippen LogP contribution in [0.5, 0.6) is 0 Å². The van der Waals surface area contributed by atoms with Crippen LogP contribution in [0.1, 0.15) is 36.1 Å². The number of nitrogens with zero attached hydrogens (tertiary/aromatic N) is 1. The molecule has 0 aliphatic carbocycles. The molecule has 0 atom stereocenters. The van der Waals surface area contributed by atoms with Gasteiger partial charge in [-0.15, -0.1) is 11.3 Å². The molecule has 0 aliphatic rings. The van der Waals surface area contributed by atoms with Crippen LogP contribution in [0.25, 0.3) is 0 Å². The molecule has 1 heterocycles. The average molecular weight is 184 g/mol. The third-order valence-electron chi connectivity index (χ3n) is 1.46. The highest BCUT2D eigenvalue weighted by atomic mass is 32.1. The van der Waals surface area contributed by atoms with E-state index in [9.17, 15) is 4.79 Å². The van der Waals surface area contributed by atoms with Gasteiger partial charge in [0.25, 0.3) is 0 Å². The Bertz CT molecular complexity index is 298. The Hall–Kier alpha value is -0.900. The van der Waals surface area contributed by atoms with E-state index in [1.807, 2.05) is 20.8 Å². The van der Waals surface area contributed by atoms with Crippen LogP contribution in [0, 0.1) is 0 Å². The fourth-order valence-electron chi connectivity index (χ4n) is 0.966. The Labute approximate surface area is 75.6 Å². The van der Waals surface area contributed by atoms with Crippen LogP contribution in [0.2, 0.25) is 0 Å². The molecule has 0 aliphatic heterocycles. The van der Waals surface area contributed by atoms with Crippen molar-refractivity contribution in [3.63, 3.8) is 0 Å². The van der Waals surface area contributed by atoms with Gasteiger partial charge in [-0.3, -0.25) is 4.79 Å². The van der Waals surface area contributed by atoms with Crippen LogP contribution in [-0.4, -0.2) is 11.3 Å². The lowest BCUT2D eigenvalue weighted by Crippen LogP contribution is -2.11. The van der Waals surface area contributed by atoms with Crippen LogP contribution in [-0.2, 0) is 5.41 Å². The van der Waals surface area contributed by atoms with E-state index in [2.05, 4.69) is 4.98 Å². The van der Waals surface area contributed by atoms with Crippen LogP contribution in [0.15, 0.2) is 0 Å². The Balaban J connectivity index is 3.22. The molecule has 2 N–H and O–H groups in total. The van der Waals surface area contributed by atoms with E-state index in [-0.39, 0.29) is 5.41 Å². The lowest BCUT2D eigenvalue weighted by atomic mass is 9.93. The van der Waals surface area contributed by atoms with Crippen LogP contribution >= 0.6 is 11.3 Å². The van der Waals surface area contributed by atoms with Crippen molar-refractivity contribution in [3.05, 3.63) is 10.6 Å². The van der Waals surface area contributed by atoms with Gasteiger partial charge in [-0.2, -0.15) is 0 Å². The monoisotopic (exact) mass is 184 g/mol. The highest BCUT2D eigenvalue weighted by molar-refractivity contribution is 7.15. The molecule has 12 heavy (non-hydrogen) atoms. The number of hydrogen-bond donors (Lipinski definition) is 1. The molecule has 1 aromatic heterocycles. The molecule has 4 heteroatoms. The summed E-state index contributed by atoms with van der Waals surface area (Å²) in [5, 5.41) is 0.460. The molecule has 0 aromatic carbocycles. The number of aromatic nitrogens is 1. The van der Waals surface area contributed by atoms with Gasteiger partial charge in [-0.25, -0.2) is 4.98 Å². The lowest BCUT2D eigenvalue weighted by molar-refractivity contribution is 0.111. The molecule has 0 spiro atoms. The van der Waals surface area contributed by atoms with E-state index in [1.165, 1.54) is 11.3 Å². The maximum Gasteiger partial charge on any atom is 0.180 e. The highest BCUT2D eigenvalue weighted by Crippen LogP contribution is 2.31. The Morgan fingerprint density at radius 3 is 2.42 bits per heavy atom. The molecule has 0 radical (unpaired) electrons. The Morgan fingerprint density at radius 1 is 1.50 bits per heavy atom. The van der Waals surface area contributed by atoms with Crippen LogP contribution in [0.4, 0.5) is 5.13 Å². The first-order valence-electron chi connectivity index (χ1n) is 3.67. The lowest BCUT2D eigenvalue weighted by Gasteiger charge is -2.15. The van der Waals surface area contributed by atoms with Crippen molar-refractivity contribution in [1.29, 1.82) is 0 Å². The summed E-state index contributed by atoms with van der Waals surface area (Å²) < 4.78 is 0. The summed E-state index contributed by atoms with van der Waals surface area (Å²) in [6.07, 6.45) is 0.757. The van der Waals surface area contributed by atoms with Crippen molar-refractivity contribution in [3.8, 4) is 0 Å². The summed E-state index contributed by atoms with van der Waals surface area (Å²) in [7, 11) is 0. The SMILES string of the molecule is CC(C)(C)c1sc(N)nc1C=O. The van der Waals surface area contributed by atoms with Crippen molar-refractivity contribution in [2.75, 3.05) is 5.73 Å². The molecular weight excluding hydrogens is 172 g/mol. The molecule has 0 fully saturated rings. The van der Waals surface area contributed by atoms with Crippen molar-refractivity contribution >= 4 is 22.8 Å². The van der Waals surface area contributed by atoms with Gasteiger partial charge in [0.2, 0.25) is 0 Å². The number of thiazole rings is 1. The first kappa shape index (κ1) is 9.19. The van der Waals surface area contributed by atoms with E-state index in [0.29, 0.717) is 10.8 Å². The number of carbonyl (C=O) groups excluding carboxylic acids is 1. The van der Waals surface area contributed by atoms with Crippen molar-refractivity contribution in [2.24, 2.45) is 0 Å². The molecule has 1 rings (SSSR count). The number of aldehydes is 1. The molecule has 1 aromatic rings. The average Bonchev–Trinajstić information content (AvgIpc) is 2.29. The summed E-state index contributed by atoms with van der Waals surface area (Å²) >= 11 is 1.38. The van der Waals surface area contributed by atoms with Gasteiger partial charge in [0.15, 0.2) is 11.4 Å². The van der Waals surface area contributed by atoms with Gasteiger partial charge in [0.05, 0.1) is 0 Å². The van der Waals surface area contributed by atoms with Crippen molar-refractivity contribution in [2.45, 2.75) is 26.2 Å². The predicted octanol–water partition coefficient (Wildman–Crippen LogP) is 1.84. The van der Waals surface area contributed by atoms with E-state index >= 15 is 0 Å². The second-order valence-corrected chi connectivity index (χ2v) is 4.66. The molecule has 0 bridgehead atoms. The zero-order chi connectivity index (χ0) is 9.35. The first-order valence-corrected chi connectivity index (χ1v) is 4.49. The van der Waals surface area contributed by atoms with Gasteiger partial charge in [0.1, 0.15) is 5.69 Å². The smallest absolute Gasteiger partial charge is 0.180 e. The number of carbonyl (C=O) groups is 1. The number of anilines is 1. The zero-order valence-electron chi connectivity index (χ0n) is 7.42. The third kappa shape index (κ3) is 1.64. The number of hydrogen-bond acceptors (Lipinski definition) is 4. The topological polar surface area (TPSA) is 56.0 Å². The molecule has 0 saturated heterocycles.